The van der Waals surface area contributed by atoms with Gasteiger partial charge in [-0.1, -0.05) is 0 Å². The van der Waals surface area contributed by atoms with Crippen molar-refractivity contribution >= 4 is 21.6 Å². The van der Waals surface area contributed by atoms with Crippen LogP contribution in [0.25, 0.3) is 0 Å². The van der Waals surface area contributed by atoms with Gasteiger partial charge in [0.15, 0.2) is 11.5 Å². The number of hydrogen-bond acceptors (Lipinski definition) is 4. The smallest absolute Gasteiger partial charge is 0.175 e. The minimum Gasteiger partial charge on any atom is -0.493 e. The second kappa shape index (κ2) is 6.85. The molecule has 0 amide bonds. The molecule has 0 radical (unpaired) electrons. The lowest BCUT2D eigenvalue weighted by Gasteiger charge is -2.14. The summed E-state index contributed by atoms with van der Waals surface area (Å²) in [5, 5.41) is 7.69. The number of aromatic nitrogens is 2. The minimum atomic E-state index is 0.599. The SMILES string of the molecule is CCOc1c(Br)cc(CNc2cn(C)nc2C)cc1OC. The van der Waals surface area contributed by atoms with Gasteiger partial charge in [-0.3, -0.25) is 4.68 Å². The summed E-state index contributed by atoms with van der Waals surface area (Å²) in [6, 6.07) is 4.01. The van der Waals surface area contributed by atoms with Crippen molar-refractivity contribution in [3.8, 4) is 11.5 Å². The first-order valence-electron chi connectivity index (χ1n) is 6.78. The number of benzene rings is 1. The van der Waals surface area contributed by atoms with Crippen molar-refractivity contribution in [2.45, 2.75) is 20.4 Å². The largest absolute Gasteiger partial charge is 0.493 e. The van der Waals surface area contributed by atoms with Crippen LogP contribution in [0.5, 0.6) is 11.5 Å². The summed E-state index contributed by atoms with van der Waals surface area (Å²) in [6.45, 7) is 5.22. The number of nitrogens with one attached hydrogen (secondary N) is 1. The maximum Gasteiger partial charge on any atom is 0.175 e. The molecular weight excluding hydrogens is 334 g/mol. The van der Waals surface area contributed by atoms with Gasteiger partial charge in [0.25, 0.3) is 0 Å². The molecule has 114 valence electrons. The first kappa shape index (κ1) is 15.7. The molecular formula is C15H20BrN3O2. The number of anilines is 1. The molecule has 1 N–H and O–H groups in total. The van der Waals surface area contributed by atoms with Gasteiger partial charge in [0.2, 0.25) is 0 Å². The van der Waals surface area contributed by atoms with E-state index in [1.165, 1.54) is 0 Å². The molecule has 0 fully saturated rings. The molecule has 0 saturated heterocycles. The van der Waals surface area contributed by atoms with Gasteiger partial charge < -0.3 is 14.8 Å². The van der Waals surface area contributed by atoms with Crippen molar-refractivity contribution in [2.75, 3.05) is 19.0 Å². The standard InChI is InChI=1S/C15H20BrN3O2/c1-5-21-15-12(16)6-11(7-14(15)20-4)8-17-13-9-19(3)18-10(13)2/h6-7,9,17H,5,8H2,1-4H3. The van der Waals surface area contributed by atoms with E-state index in [2.05, 4.69) is 26.3 Å². The van der Waals surface area contributed by atoms with Crippen LogP contribution < -0.4 is 14.8 Å². The highest BCUT2D eigenvalue weighted by Gasteiger charge is 2.11. The maximum atomic E-state index is 5.59. The van der Waals surface area contributed by atoms with Gasteiger partial charge in [-0.15, -0.1) is 0 Å². The minimum absolute atomic E-state index is 0.599. The molecule has 0 saturated carbocycles. The molecule has 0 atom stereocenters. The fraction of sp³-hybridized carbons (Fsp3) is 0.400. The van der Waals surface area contributed by atoms with Crippen LogP contribution in [0.15, 0.2) is 22.8 Å². The van der Waals surface area contributed by atoms with Crippen molar-refractivity contribution in [3.05, 3.63) is 34.1 Å². The zero-order valence-electron chi connectivity index (χ0n) is 12.7. The quantitative estimate of drug-likeness (QED) is 0.863. The van der Waals surface area contributed by atoms with E-state index in [0.29, 0.717) is 13.2 Å². The normalized spacial score (nSPS) is 10.5. The van der Waals surface area contributed by atoms with Crippen LogP contribution in [0.1, 0.15) is 18.2 Å². The monoisotopic (exact) mass is 353 g/mol. The van der Waals surface area contributed by atoms with Gasteiger partial charge in [-0.25, -0.2) is 0 Å². The predicted molar refractivity (Wildman–Crippen MR) is 87.1 cm³/mol. The molecule has 1 aromatic carbocycles. The Morgan fingerprint density at radius 3 is 2.71 bits per heavy atom. The number of methoxy groups -OCH3 is 1. The lowest BCUT2D eigenvalue weighted by molar-refractivity contribution is 0.308. The molecule has 0 bridgehead atoms. The average Bonchev–Trinajstić information content (AvgIpc) is 2.77. The van der Waals surface area contributed by atoms with Crippen LogP contribution in [0.4, 0.5) is 5.69 Å². The molecule has 1 heterocycles. The summed E-state index contributed by atoms with van der Waals surface area (Å²) in [4.78, 5) is 0. The molecule has 0 aliphatic rings. The maximum absolute atomic E-state index is 5.59. The Bertz CT molecular complexity index is 626. The summed E-state index contributed by atoms with van der Waals surface area (Å²) in [7, 11) is 3.56. The molecule has 2 rings (SSSR count). The lowest BCUT2D eigenvalue weighted by Crippen LogP contribution is -2.02. The Hall–Kier alpha value is -1.69. The van der Waals surface area contributed by atoms with Crippen molar-refractivity contribution in [1.29, 1.82) is 0 Å². The number of hydrogen-bond donors (Lipinski definition) is 1. The van der Waals surface area contributed by atoms with E-state index in [1.807, 2.05) is 39.2 Å². The lowest BCUT2D eigenvalue weighted by atomic mass is 10.2. The van der Waals surface area contributed by atoms with E-state index in [4.69, 9.17) is 9.47 Å². The average molecular weight is 354 g/mol. The predicted octanol–water partition coefficient (Wildman–Crippen LogP) is 3.51. The molecule has 0 spiro atoms. The van der Waals surface area contributed by atoms with Crippen molar-refractivity contribution in [3.63, 3.8) is 0 Å². The molecule has 21 heavy (non-hydrogen) atoms. The van der Waals surface area contributed by atoms with Gasteiger partial charge >= 0.3 is 0 Å². The Kier molecular flexibility index (Phi) is 5.12. The summed E-state index contributed by atoms with van der Waals surface area (Å²) >= 11 is 3.54. The Morgan fingerprint density at radius 2 is 2.14 bits per heavy atom. The first-order chi connectivity index (χ1) is 10.0. The van der Waals surface area contributed by atoms with Crippen LogP contribution >= 0.6 is 15.9 Å². The summed E-state index contributed by atoms with van der Waals surface area (Å²) in [5.41, 5.74) is 3.11. The topological polar surface area (TPSA) is 48.3 Å². The van der Waals surface area contributed by atoms with E-state index >= 15 is 0 Å². The summed E-state index contributed by atoms with van der Waals surface area (Å²) in [6.07, 6.45) is 1.97. The zero-order chi connectivity index (χ0) is 15.4. The first-order valence-corrected chi connectivity index (χ1v) is 7.57. The van der Waals surface area contributed by atoms with Gasteiger partial charge in [0.1, 0.15) is 0 Å². The number of halogens is 1. The zero-order valence-corrected chi connectivity index (χ0v) is 14.3. The molecule has 0 aliphatic heterocycles. The van der Waals surface area contributed by atoms with Crippen LogP contribution in [-0.4, -0.2) is 23.5 Å². The highest BCUT2D eigenvalue weighted by Crippen LogP contribution is 2.36. The molecule has 5 nitrogen and oxygen atoms in total. The van der Waals surface area contributed by atoms with Gasteiger partial charge in [-0.2, -0.15) is 5.10 Å². The Balaban J connectivity index is 2.17. The number of ether oxygens (including phenoxy) is 2. The van der Waals surface area contributed by atoms with Crippen molar-refractivity contribution < 1.29 is 9.47 Å². The summed E-state index contributed by atoms with van der Waals surface area (Å²) < 4.78 is 13.7. The van der Waals surface area contributed by atoms with E-state index in [-0.39, 0.29) is 0 Å². The van der Waals surface area contributed by atoms with E-state index in [9.17, 15) is 0 Å². The third-order valence-electron chi connectivity index (χ3n) is 3.07. The molecule has 0 aliphatic carbocycles. The Labute approximate surface area is 133 Å². The fourth-order valence-electron chi connectivity index (χ4n) is 2.13. The van der Waals surface area contributed by atoms with Crippen LogP contribution in [0, 0.1) is 6.92 Å². The third kappa shape index (κ3) is 3.69. The molecule has 6 heteroatoms. The highest BCUT2D eigenvalue weighted by molar-refractivity contribution is 9.10. The number of nitrogens with zero attached hydrogens (tertiary/aromatic N) is 2. The number of aryl methyl sites for hydroxylation is 2. The fourth-order valence-corrected chi connectivity index (χ4v) is 2.73. The molecule has 2 aromatic rings. The van der Waals surface area contributed by atoms with Crippen molar-refractivity contribution in [1.82, 2.24) is 9.78 Å². The van der Waals surface area contributed by atoms with Gasteiger partial charge in [0.05, 0.1) is 29.6 Å². The number of rotatable bonds is 6. The van der Waals surface area contributed by atoms with Crippen LogP contribution in [0.2, 0.25) is 0 Å². The Morgan fingerprint density at radius 1 is 1.38 bits per heavy atom. The van der Waals surface area contributed by atoms with Crippen LogP contribution in [0.3, 0.4) is 0 Å². The van der Waals surface area contributed by atoms with E-state index < -0.39 is 0 Å². The summed E-state index contributed by atoms with van der Waals surface area (Å²) in [5.74, 6) is 1.47. The second-order valence-corrected chi connectivity index (χ2v) is 5.55. The van der Waals surface area contributed by atoms with Crippen LogP contribution in [-0.2, 0) is 13.6 Å². The molecule has 0 unspecified atom stereocenters. The highest BCUT2D eigenvalue weighted by atomic mass is 79.9. The van der Waals surface area contributed by atoms with E-state index in [0.717, 1.165) is 32.9 Å². The van der Waals surface area contributed by atoms with E-state index in [1.54, 1.807) is 11.8 Å². The van der Waals surface area contributed by atoms with Crippen molar-refractivity contribution in [2.24, 2.45) is 7.05 Å². The van der Waals surface area contributed by atoms with Gasteiger partial charge in [0, 0.05) is 19.8 Å². The molecule has 1 aromatic heterocycles. The second-order valence-electron chi connectivity index (χ2n) is 4.70. The third-order valence-corrected chi connectivity index (χ3v) is 3.66. The van der Waals surface area contributed by atoms with Gasteiger partial charge in [-0.05, 0) is 47.5 Å².